The summed E-state index contributed by atoms with van der Waals surface area (Å²) in [6.45, 7) is 3.77. The molecule has 158 valence electrons. The van der Waals surface area contributed by atoms with Crippen molar-refractivity contribution in [2.24, 2.45) is 5.92 Å². The summed E-state index contributed by atoms with van der Waals surface area (Å²) in [5.41, 5.74) is -0.373. The lowest BCUT2D eigenvalue weighted by Gasteiger charge is -2.24. The SMILES string of the molecule is CC(=O)N1CCCN(C(=O)[C@@H]2CC(=O)N(Cc3cccc(C(F)(F)F)c3)C2)CC1. The van der Waals surface area contributed by atoms with Crippen LogP contribution in [0.3, 0.4) is 0 Å². The first-order valence-corrected chi connectivity index (χ1v) is 9.63. The van der Waals surface area contributed by atoms with E-state index in [0.29, 0.717) is 38.2 Å². The molecule has 0 N–H and O–H groups in total. The predicted molar refractivity (Wildman–Crippen MR) is 98.4 cm³/mol. The van der Waals surface area contributed by atoms with Crippen LogP contribution < -0.4 is 0 Å². The molecule has 0 saturated carbocycles. The molecule has 0 unspecified atom stereocenters. The van der Waals surface area contributed by atoms with Gasteiger partial charge in [0.15, 0.2) is 0 Å². The van der Waals surface area contributed by atoms with Gasteiger partial charge in [-0.05, 0) is 24.1 Å². The maximum absolute atomic E-state index is 12.9. The third-order valence-electron chi connectivity index (χ3n) is 5.44. The number of hydrogen-bond donors (Lipinski definition) is 0. The molecule has 9 heteroatoms. The minimum Gasteiger partial charge on any atom is -0.341 e. The van der Waals surface area contributed by atoms with Crippen LogP contribution in [0.1, 0.15) is 30.9 Å². The number of likely N-dealkylation sites (tertiary alicyclic amines) is 1. The first-order valence-electron chi connectivity index (χ1n) is 9.63. The summed E-state index contributed by atoms with van der Waals surface area (Å²) in [6.07, 6.45) is -3.70. The molecule has 0 aromatic heterocycles. The zero-order valence-corrected chi connectivity index (χ0v) is 16.2. The Balaban J connectivity index is 1.61. The highest BCUT2D eigenvalue weighted by atomic mass is 19.4. The fraction of sp³-hybridized carbons (Fsp3) is 0.550. The smallest absolute Gasteiger partial charge is 0.341 e. The summed E-state index contributed by atoms with van der Waals surface area (Å²) < 4.78 is 38.7. The number of benzene rings is 1. The van der Waals surface area contributed by atoms with Crippen molar-refractivity contribution in [1.29, 1.82) is 0 Å². The second-order valence-corrected chi connectivity index (χ2v) is 7.56. The zero-order chi connectivity index (χ0) is 21.2. The number of halogens is 3. The minimum atomic E-state index is -4.44. The molecule has 2 saturated heterocycles. The van der Waals surface area contributed by atoms with Crippen LogP contribution in [0, 0.1) is 5.92 Å². The number of rotatable bonds is 3. The molecule has 2 fully saturated rings. The van der Waals surface area contributed by atoms with E-state index in [9.17, 15) is 27.6 Å². The van der Waals surface area contributed by atoms with Crippen LogP contribution >= 0.6 is 0 Å². The van der Waals surface area contributed by atoms with Crippen molar-refractivity contribution in [3.63, 3.8) is 0 Å². The van der Waals surface area contributed by atoms with E-state index in [4.69, 9.17) is 0 Å². The van der Waals surface area contributed by atoms with Gasteiger partial charge in [-0.15, -0.1) is 0 Å². The van der Waals surface area contributed by atoms with Gasteiger partial charge in [-0.3, -0.25) is 14.4 Å². The number of carbonyl (C=O) groups is 3. The second-order valence-electron chi connectivity index (χ2n) is 7.56. The minimum absolute atomic E-state index is 0.0254. The van der Waals surface area contributed by atoms with Gasteiger partial charge in [-0.1, -0.05) is 12.1 Å². The molecule has 2 heterocycles. The molecule has 0 aliphatic carbocycles. The molecule has 0 bridgehead atoms. The van der Waals surface area contributed by atoms with Crippen LogP contribution in [-0.4, -0.2) is 65.1 Å². The van der Waals surface area contributed by atoms with Crippen molar-refractivity contribution in [3.8, 4) is 0 Å². The van der Waals surface area contributed by atoms with Gasteiger partial charge in [0.25, 0.3) is 0 Å². The molecule has 0 radical (unpaired) electrons. The highest BCUT2D eigenvalue weighted by Gasteiger charge is 2.37. The Kier molecular flexibility index (Phi) is 6.14. The van der Waals surface area contributed by atoms with E-state index in [1.54, 1.807) is 15.9 Å². The number of carbonyl (C=O) groups excluding carboxylic acids is 3. The molecule has 2 aliphatic rings. The van der Waals surface area contributed by atoms with Crippen LogP contribution in [-0.2, 0) is 27.1 Å². The number of amides is 3. The van der Waals surface area contributed by atoms with E-state index in [0.717, 1.165) is 12.1 Å². The van der Waals surface area contributed by atoms with Crippen molar-refractivity contribution in [2.75, 3.05) is 32.7 Å². The summed E-state index contributed by atoms with van der Waals surface area (Å²) in [4.78, 5) is 41.6. The normalized spacial score (nSPS) is 20.8. The van der Waals surface area contributed by atoms with Crippen LogP contribution in [0.25, 0.3) is 0 Å². The van der Waals surface area contributed by atoms with Crippen molar-refractivity contribution < 1.29 is 27.6 Å². The fourth-order valence-electron chi connectivity index (χ4n) is 3.87. The molecular weight excluding hydrogens is 387 g/mol. The van der Waals surface area contributed by atoms with E-state index >= 15 is 0 Å². The molecule has 1 aromatic carbocycles. The number of nitrogens with zero attached hydrogens (tertiary/aromatic N) is 3. The van der Waals surface area contributed by atoms with E-state index in [1.165, 1.54) is 17.9 Å². The van der Waals surface area contributed by atoms with Gasteiger partial charge in [0.1, 0.15) is 0 Å². The lowest BCUT2D eigenvalue weighted by atomic mass is 10.1. The number of alkyl halides is 3. The Bertz CT molecular complexity index is 797. The van der Waals surface area contributed by atoms with Crippen molar-refractivity contribution in [1.82, 2.24) is 14.7 Å². The van der Waals surface area contributed by atoms with Crippen molar-refractivity contribution in [2.45, 2.75) is 32.5 Å². The summed E-state index contributed by atoms with van der Waals surface area (Å²) in [5.74, 6) is -0.893. The topological polar surface area (TPSA) is 60.9 Å². The Morgan fingerprint density at radius 2 is 1.79 bits per heavy atom. The van der Waals surface area contributed by atoms with E-state index in [2.05, 4.69) is 0 Å². The fourth-order valence-corrected chi connectivity index (χ4v) is 3.87. The molecule has 2 aliphatic heterocycles. The van der Waals surface area contributed by atoms with Crippen LogP contribution in [0.5, 0.6) is 0 Å². The third-order valence-corrected chi connectivity index (χ3v) is 5.44. The maximum atomic E-state index is 12.9. The van der Waals surface area contributed by atoms with E-state index < -0.39 is 17.7 Å². The Hall–Kier alpha value is -2.58. The molecule has 1 atom stereocenters. The summed E-state index contributed by atoms with van der Waals surface area (Å²) >= 11 is 0. The van der Waals surface area contributed by atoms with Crippen molar-refractivity contribution >= 4 is 17.7 Å². The first-order chi connectivity index (χ1) is 13.6. The molecule has 0 spiro atoms. The van der Waals surface area contributed by atoms with Crippen molar-refractivity contribution in [3.05, 3.63) is 35.4 Å². The Labute approximate surface area is 167 Å². The van der Waals surface area contributed by atoms with Gasteiger partial charge in [0.2, 0.25) is 17.7 Å². The molecule has 6 nitrogen and oxygen atoms in total. The summed E-state index contributed by atoms with van der Waals surface area (Å²) in [6, 6.07) is 4.89. The average Bonchev–Trinajstić information content (AvgIpc) is 2.87. The molecule has 3 rings (SSSR count). The van der Waals surface area contributed by atoms with Gasteiger partial charge in [0, 0.05) is 52.6 Å². The lowest BCUT2D eigenvalue weighted by Crippen LogP contribution is -2.40. The van der Waals surface area contributed by atoms with E-state index in [-0.39, 0.29) is 37.2 Å². The highest BCUT2D eigenvalue weighted by Crippen LogP contribution is 2.30. The van der Waals surface area contributed by atoms with Gasteiger partial charge in [-0.2, -0.15) is 13.2 Å². The Morgan fingerprint density at radius 1 is 1.10 bits per heavy atom. The lowest BCUT2D eigenvalue weighted by molar-refractivity contribution is -0.137. The van der Waals surface area contributed by atoms with Gasteiger partial charge in [0.05, 0.1) is 11.5 Å². The number of hydrogen-bond acceptors (Lipinski definition) is 3. The van der Waals surface area contributed by atoms with Gasteiger partial charge < -0.3 is 14.7 Å². The highest BCUT2D eigenvalue weighted by molar-refractivity contribution is 5.89. The molecular formula is C20H24F3N3O3. The summed E-state index contributed by atoms with van der Waals surface area (Å²) in [7, 11) is 0. The zero-order valence-electron chi connectivity index (χ0n) is 16.2. The quantitative estimate of drug-likeness (QED) is 0.766. The predicted octanol–water partition coefficient (Wildman–Crippen LogP) is 2.13. The first kappa shape index (κ1) is 21.1. The van der Waals surface area contributed by atoms with Gasteiger partial charge >= 0.3 is 6.18 Å². The van der Waals surface area contributed by atoms with E-state index in [1.807, 2.05) is 0 Å². The molecule has 29 heavy (non-hydrogen) atoms. The van der Waals surface area contributed by atoms with Crippen LogP contribution in [0.4, 0.5) is 13.2 Å². The van der Waals surface area contributed by atoms with Crippen LogP contribution in [0.2, 0.25) is 0 Å². The Morgan fingerprint density at radius 3 is 2.48 bits per heavy atom. The standard InChI is InChI=1S/C20H24F3N3O3/c1-14(27)24-6-3-7-25(9-8-24)19(29)16-11-18(28)26(13-16)12-15-4-2-5-17(10-15)20(21,22)23/h2,4-5,10,16H,3,6-9,11-13H2,1H3/t16-/m1/s1. The second kappa shape index (κ2) is 8.42. The third kappa shape index (κ3) is 5.07. The largest absolute Gasteiger partial charge is 0.416 e. The molecule has 1 aromatic rings. The maximum Gasteiger partial charge on any atom is 0.416 e. The van der Waals surface area contributed by atoms with Crippen LogP contribution in [0.15, 0.2) is 24.3 Å². The summed E-state index contributed by atoms with van der Waals surface area (Å²) in [5, 5.41) is 0. The monoisotopic (exact) mass is 411 g/mol. The average molecular weight is 411 g/mol. The molecule has 3 amide bonds. The van der Waals surface area contributed by atoms with Gasteiger partial charge in [-0.25, -0.2) is 0 Å².